The van der Waals surface area contributed by atoms with E-state index in [-0.39, 0.29) is 37.0 Å². The molecule has 0 bridgehead atoms. The lowest BCUT2D eigenvalue weighted by molar-refractivity contribution is -0.152. The van der Waals surface area contributed by atoms with Crippen LogP contribution in [0.5, 0.6) is 5.75 Å². The molecule has 19 N–H and O–H groups in total. The first-order valence-electron chi connectivity index (χ1n) is 43.6. The number of thioether (sulfide) groups is 1. The number of aromatic nitrogens is 1. The van der Waals surface area contributed by atoms with Gasteiger partial charge in [-0.05, 0) is 76.9 Å². The standard InChI is InChI=1S/C91H112F3N17O23S/c1-7-8-23-67-90(133)111-44-55(114)38-70(111)86(129)103-63(40-76(120)121)83(126)106-78(47(2)3)91(134)108(5)68(34-48-17-11-9-12-18-48)84(127)104-65(39-72(95)115)88(131)110-43-54(113)37-69(110)85(128)102-62(36-52-41-97-59-22-16-15-21-56(52)59)82(125)101-61(32-50-24-26-53(112)27-25-50)81(124)100-60(28-29-75(118)119)80(123)105-66(79(122)98-42-73(96)116)45-135-46-74(117)99-64(33-51-30-57(92)77(94)58(93)31-51)87(130)109(6)71(89(132)107(67)4)35-49-19-13-10-14-20-49/h9-22,24-27,30-31,41,47,54-55,60-71,78,97,112-114H,7-8,23,28-29,32-40,42-46H2,1-6H3,(H2,95,115)(H2,96,116)(H,98,122)(H,99,117)(H,100,124)(H,101,125)(H,102,128)(H,103,129)(H,104,127)(H,105,123)(H,106,126)(H,118,119)(H,120,121)/t54-,55-,60-,61+,62+,63+,64-,65+,66+,67+,68-,69-,70-,71+,78+/m1/s1. The molecule has 5 aromatic carbocycles. The molecule has 3 fully saturated rings. The number of H-pyrrole nitrogens is 1. The maximum absolute atomic E-state index is 15.7. The van der Waals surface area contributed by atoms with E-state index in [0.717, 1.165) is 38.6 Å². The third-order valence-electron chi connectivity index (χ3n) is 23.4. The maximum Gasteiger partial charge on any atom is 0.305 e. The Labute approximate surface area is 777 Å². The number of amides is 16. The highest BCUT2D eigenvalue weighted by Gasteiger charge is 2.49. The van der Waals surface area contributed by atoms with Crippen LogP contribution in [0.25, 0.3) is 10.9 Å². The quantitative estimate of drug-likeness (QED) is 0.0307. The predicted molar refractivity (Wildman–Crippen MR) is 478 cm³/mol. The summed E-state index contributed by atoms with van der Waals surface area (Å²) < 4.78 is 45.1. The molecule has 3 aliphatic heterocycles. The summed E-state index contributed by atoms with van der Waals surface area (Å²) in [6, 6.07) is 5.06. The zero-order valence-corrected chi connectivity index (χ0v) is 75.6. The number of hydrogen-bond acceptors (Lipinski definition) is 22. The zero-order valence-electron chi connectivity index (χ0n) is 74.8. The molecule has 15 atom stereocenters. The van der Waals surface area contributed by atoms with Crippen molar-refractivity contribution < 1.29 is 125 Å². The molecule has 0 radical (unpaired) electrons. The summed E-state index contributed by atoms with van der Waals surface area (Å²) in [6.07, 6.45) is -8.58. The lowest BCUT2D eigenvalue weighted by Gasteiger charge is -2.38. The van der Waals surface area contributed by atoms with Gasteiger partial charge in [0, 0.05) is 108 Å². The summed E-state index contributed by atoms with van der Waals surface area (Å²) in [4.78, 5) is 270. The van der Waals surface area contributed by atoms with Crippen LogP contribution in [-0.4, -0.2) is 305 Å². The molecule has 0 aliphatic carbocycles. The molecule has 16 amide bonds. The van der Waals surface area contributed by atoms with Crippen LogP contribution >= 0.6 is 11.8 Å². The van der Waals surface area contributed by atoms with Crippen LogP contribution < -0.4 is 59.3 Å². The SMILES string of the molecule is CCCC[C@H]1C(=O)N2C[C@H](O)C[C@@H]2C(=O)N[C@@H](CC(=O)O)C(=O)N[C@@H](C(C)C)C(=O)N(C)[C@H](Cc2ccccc2)C(=O)N[C@@H](CC(N)=O)C(=O)N2C[C@H](O)C[C@@H]2C(=O)N[C@@H](Cc2c[nH]c3ccccc23)C(=O)N[C@@H](Cc2ccc(O)cc2)C(=O)N[C@H](CCC(=O)O)C(=O)N[C@H](C(=O)NCC(N)=O)CSCC(=O)N[C@H](Cc2cc(F)c(F)c(F)c2)C(=O)N(C)[C@@H](Cc2ccccc2)C(=O)N1C. The number of para-hydroxylation sites is 1. The monoisotopic (exact) mass is 1900 g/mol. The van der Waals surface area contributed by atoms with Gasteiger partial charge in [-0.25, -0.2) is 13.2 Å². The highest BCUT2D eigenvalue weighted by atomic mass is 32.2. The normalized spacial score (nSPS) is 24.4. The van der Waals surface area contributed by atoms with Crippen LogP contribution in [-0.2, 0) is 118 Å². The first kappa shape index (κ1) is 105. The third-order valence-corrected chi connectivity index (χ3v) is 24.4. The van der Waals surface area contributed by atoms with Gasteiger partial charge in [0.05, 0.1) is 37.3 Å². The Bertz CT molecular complexity index is 5330. The Balaban J connectivity index is 1.15. The van der Waals surface area contributed by atoms with Crippen molar-refractivity contribution in [3.63, 3.8) is 0 Å². The van der Waals surface area contributed by atoms with Crippen LogP contribution in [0, 0.1) is 23.4 Å². The van der Waals surface area contributed by atoms with E-state index >= 15 is 51.9 Å². The van der Waals surface area contributed by atoms with Crippen molar-refractivity contribution >= 4 is 129 Å². The van der Waals surface area contributed by atoms with Gasteiger partial charge in [-0.2, -0.15) is 0 Å². The van der Waals surface area contributed by atoms with Crippen LogP contribution in [0.15, 0.2) is 128 Å². The summed E-state index contributed by atoms with van der Waals surface area (Å²) in [5, 5.41) is 76.2. The number of likely N-dealkylation sites (N-methyl/N-ethyl adjacent to an activating group) is 3. The van der Waals surface area contributed by atoms with Crippen molar-refractivity contribution in [2.24, 2.45) is 17.4 Å². The average molecular weight is 1900 g/mol. The summed E-state index contributed by atoms with van der Waals surface area (Å²) in [7, 11) is 3.47. The first-order valence-corrected chi connectivity index (χ1v) is 44.8. The van der Waals surface area contributed by atoms with Gasteiger partial charge in [-0.15, -0.1) is 11.8 Å². The van der Waals surface area contributed by atoms with E-state index < -0.39 is 315 Å². The van der Waals surface area contributed by atoms with Gasteiger partial charge in [0.1, 0.15) is 84.3 Å². The number of halogens is 3. The Morgan fingerprint density at radius 2 is 1.00 bits per heavy atom. The lowest BCUT2D eigenvalue weighted by atomic mass is 9.98. The molecule has 0 unspecified atom stereocenters. The fourth-order valence-corrected chi connectivity index (χ4v) is 17.0. The number of hydrogen-bond donors (Lipinski definition) is 17. The number of aliphatic carboxylic acids is 2. The number of aromatic hydroxyl groups is 1. The van der Waals surface area contributed by atoms with Crippen LogP contribution in [0.3, 0.4) is 0 Å². The molecule has 3 saturated heterocycles. The molecule has 4 heterocycles. The molecule has 9 rings (SSSR count). The van der Waals surface area contributed by atoms with Crippen molar-refractivity contribution in [1.82, 2.24) is 77.3 Å². The molecule has 40 nitrogen and oxygen atoms in total. The van der Waals surface area contributed by atoms with Crippen molar-refractivity contribution in [3.8, 4) is 5.75 Å². The molecule has 44 heteroatoms. The summed E-state index contributed by atoms with van der Waals surface area (Å²) >= 11 is 0.552. The summed E-state index contributed by atoms with van der Waals surface area (Å²) in [6.45, 7) is 2.54. The molecule has 726 valence electrons. The van der Waals surface area contributed by atoms with E-state index in [1.165, 1.54) is 51.4 Å². The number of carbonyl (C=O) groups is 18. The Morgan fingerprint density at radius 1 is 0.496 bits per heavy atom. The Hall–Kier alpha value is -14.0. The fourth-order valence-electron chi connectivity index (χ4n) is 16.2. The highest BCUT2D eigenvalue weighted by Crippen LogP contribution is 2.29. The Morgan fingerprint density at radius 3 is 1.57 bits per heavy atom. The molecule has 1 aromatic heterocycles. The number of nitrogens with zero attached hydrogens (tertiary/aromatic N) is 5. The number of phenolic OH excluding ortho intramolecular Hbond substituents is 1. The number of rotatable bonds is 24. The number of fused-ring (bicyclic) bond motifs is 3. The fraction of sp³-hybridized carbons (Fsp3) is 0.451. The van der Waals surface area contributed by atoms with E-state index in [1.807, 2.05) is 0 Å². The molecule has 0 saturated carbocycles. The summed E-state index contributed by atoms with van der Waals surface area (Å²) in [5.41, 5.74) is 12.6. The lowest BCUT2D eigenvalue weighted by Crippen LogP contribution is -2.62. The van der Waals surface area contributed by atoms with E-state index in [9.17, 15) is 73.1 Å². The third kappa shape index (κ3) is 29.0. The zero-order chi connectivity index (χ0) is 98.9. The second kappa shape index (κ2) is 48.6. The van der Waals surface area contributed by atoms with Gasteiger partial charge in [-0.1, -0.05) is 125 Å². The van der Waals surface area contributed by atoms with E-state index in [1.54, 1.807) is 91.9 Å². The number of aliphatic hydroxyl groups excluding tert-OH is 2. The van der Waals surface area contributed by atoms with Gasteiger partial charge < -0.3 is 114 Å². The van der Waals surface area contributed by atoms with Crippen molar-refractivity contribution in [3.05, 3.63) is 173 Å². The molecule has 3 aliphatic rings. The van der Waals surface area contributed by atoms with Crippen molar-refractivity contribution in [1.29, 1.82) is 0 Å². The minimum Gasteiger partial charge on any atom is -0.508 e. The summed E-state index contributed by atoms with van der Waals surface area (Å²) in [5.74, 6) is -29.7. The van der Waals surface area contributed by atoms with E-state index in [4.69, 9.17) is 11.5 Å². The number of carbonyl (C=O) groups excluding carboxylic acids is 16. The molecular formula is C91H112F3N17O23S. The van der Waals surface area contributed by atoms with Crippen molar-refractivity contribution in [2.75, 3.05) is 52.3 Å². The van der Waals surface area contributed by atoms with E-state index in [0.29, 0.717) is 57.9 Å². The van der Waals surface area contributed by atoms with Crippen LogP contribution in [0.1, 0.15) is 106 Å². The van der Waals surface area contributed by atoms with Gasteiger partial charge >= 0.3 is 11.9 Å². The predicted octanol–water partition coefficient (Wildman–Crippen LogP) is -1.50. The number of carboxylic acids is 2. The topological polar surface area (TPSA) is 601 Å². The molecule has 6 aromatic rings. The second-order valence-corrected chi connectivity index (χ2v) is 34.9. The van der Waals surface area contributed by atoms with E-state index in [2.05, 4.69) is 52.8 Å². The average Bonchev–Trinajstić information content (AvgIpc) is 1.69. The number of carboxylic acid groups (broad SMARTS) is 2. The number of benzene rings is 5. The van der Waals surface area contributed by atoms with Gasteiger partial charge in [0.15, 0.2) is 17.5 Å². The molecule has 135 heavy (non-hydrogen) atoms. The minimum absolute atomic E-state index is 0.169. The molecular weight excluding hydrogens is 1790 g/mol. The number of nitrogens with two attached hydrogens (primary N) is 2. The number of aromatic amines is 1. The number of aliphatic hydroxyl groups is 2. The number of phenols is 1. The first-order chi connectivity index (χ1) is 64.0. The van der Waals surface area contributed by atoms with Gasteiger partial charge in [-0.3, -0.25) is 86.3 Å². The number of primary amides is 2. The van der Waals surface area contributed by atoms with Crippen LogP contribution in [0.4, 0.5) is 13.2 Å². The minimum atomic E-state index is -2.09. The molecule has 0 spiro atoms. The van der Waals surface area contributed by atoms with Crippen molar-refractivity contribution in [2.45, 2.75) is 201 Å². The number of nitrogens with one attached hydrogen (secondary N) is 10. The Kier molecular flexibility index (Phi) is 37.7. The van der Waals surface area contributed by atoms with Crippen LogP contribution in [0.2, 0.25) is 0 Å². The van der Waals surface area contributed by atoms with Gasteiger partial charge in [0.2, 0.25) is 94.5 Å². The second-order valence-electron chi connectivity index (χ2n) is 33.8. The largest absolute Gasteiger partial charge is 0.508 e. The smallest absolute Gasteiger partial charge is 0.305 e. The number of unbranched alkanes of at least 4 members (excludes halogenated alkanes) is 1. The highest BCUT2D eigenvalue weighted by molar-refractivity contribution is 8.00. The maximum atomic E-state index is 15.7. The van der Waals surface area contributed by atoms with Gasteiger partial charge in [0.25, 0.3) is 0 Å².